The molecular formula is C16H20ClNO. The van der Waals surface area contributed by atoms with Crippen molar-refractivity contribution in [2.24, 2.45) is 0 Å². The van der Waals surface area contributed by atoms with Crippen molar-refractivity contribution in [2.75, 3.05) is 6.54 Å². The van der Waals surface area contributed by atoms with Gasteiger partial charge in [0, 0.05) is 0 Å². The third-order valence-corrected chi connectivity index (χ3v) is 3.46. The molecule has 1 aromatic carbocycles. The molecule has 0 amide bonds. The lowest BCUT2D eigenvalue weighted by atomic mass is 10.0. The summed E-state index contributed by atoms with van der Waals surface area (Å²) in [5.41, 5.74) is 2.67. The molecule has 0 fully saturated rings. The second-order valence-corrected chi connectivity index (χ2v) is 5.00. The van der Waals surface area contributed by atoms with E-state index in [4.69, 9.17) is 16.0 Å². The number of rotatable bonds is 6. The highest BCUT2D eigenvalue weighted by Gasteiger charge is 2.15. The van der Waals surface area contributed by atoms with E-state index in [9.17, 15) is 0 Å². The Kier molecular flexibility index (Phi) is 5.06. The van der Waals surface area contributed by atoms with Crippen molar-refractivity contribution in [1.29, 1.82) is 0 Å². The normalized spacial score (nSPS) is 12.6. The summed E-state index contributed by atoms with van der Waals surface area (Å²) >= 11 is 5.85. The lowest BCUT2D eigenvalue weighted by Crippen LogP contribution is -2.22. The first kappa shape index (κ1) is 14.2. The third kappa shape index (κ3) is 3.85. The smallest absolute Gasteiger partial charge is 0.193 e. The fourth-order valence-corrected chi connectivity index (χ4v) is 2.33. The van der Waals surface area contributed by atoms with Gasteiger partial charge in [-0.3, -0.25) is 0 Å². The van der Waals surface area contributed by atoms with E-state index in [-0.39, 0.29) is 6.04 Å². The predicted molar refractivity (Wildman–Crippen MR) is 79.7 cm³/mol. The molecule has 0 spiro atoms. The summed E-state index contributed by atoms with van der Waals surface area (Å²) in [4.78, 5) is 0. The van der Waals surface area contributed by atoms with Crippen molar-refractivity contribution in [3.05, 3.63) is 58.5 Å². The topological polar surface area (TPSA) is 25.2 Å². The number of aryl methyl sites for hydroxylation is 1. The van der Waals surface area contributed by atoms with Gasteiger partial charge in [-0.2, -0.15) is 0 Å². The van der Waals surface area contributed by atoms with Gasteiger partial charge in [-0.1, -0.05) is 38.1 Å². The van der Waals surface area contributed by atoms with Crippen LogP contribution in [0.2, 0.25) is 5.22 Å². The molecule has 2 rings (SSSR count). The first-order valence-corrected chi connectivity index (χ1v) is 7.17. The molecule has 0 radical (unpaired) electrons. The Morgan fingerprint density at radius 3 is 2.26 bits per heavy atom. The van der Waals surface area contributed by atoms with Crippen LogP contribution in [0.1, 0.15) is 36.8 Å². The maximum Gasteiger partial charge on any atom is 0.193 e. The summed E-state index contributed by atoms with van der Waals surface area (Å²) in [7, 11) is 0. The van der Waals surface area contributed by atoms with E-state index in [1.807, 2.05) is 6.07 Å². The van der Waals surface area contributed by atoms with Crippen LogP contribution in [0.4, 0.5) is 0 Å². The van der Waals surface area contributed by atoms with E-state index in [1.54, 1.807) is 6.07 Å². The summed E-state index contributed by atoms with van der Waals surface area (Å²) < 4.78 is 5.52. The number of furan rings is 1. The van der Waals surface area contributed by atoms with Gasteiger partial charge >= 0.3 is 0 Å². The number of hydrogen-bond acceptors (Lipinski definition) is 2. The first-order valence-electron chi connectivity index (χ1n) is 6.79. The van der Waals surface area contributed by atoms with Gasteiger partial charge in [-0.05, 0) is 54.2 Å². The molecule has 0 aliphatic heterocycles. The van der Waals surface area contributed by atoms with E-state index in [1.165, 1.54) is 11.1 Å². The molecule has 1 unspecified atom stereocenters. The van der Waals surface area contributed by atoms with Crippen LogP contribution in [0.25, 0.3) is 0 Å². The van der Waals surface area contributed by atoms with E-state index >= 15 is 0 Å². The molecule has 2 aromatic rings. The molecule has 102 valence electrons. The number of benzene rings is 1. The van der Waals surface area contributed by atoms with Crippen molar-refractivity contribution in [3.63, 3.8) is 0 Å². The van der Waals surface area contributed by atoms with Crippen molar-refractivity contribution >= 4 is 11.6 Å². The van der Waals surface area contributed by atoms with Crippen molar-refractivity contribution in [2.45, 2.75) is 32.7 Å². The second-order valence-electron chi connectivity index (χ2n) is 4.63. The Bertz CT molecular complexity index is 504. The van der Waals surface area contributed by atoms with Crippen molar-refractivity contribution < 1.29 is 4.42 Å². The van der Waals surface area contributed by atoms with Crippen LogP contribution in [0.15, 0.2) is 40.8 Å². The molecule has 3 heteroatoms. The van der Waals surface area contributed by atoms with Crippen LogP contribution in [0.3, 0.4) is 0 Å². The number of halogens is 1. The Morgan fingerprint density at radius 2 is 1.74 bits per heavy atom. The minimum atomic E-state index is 0.171. The van der Waals surface area contributed by atoms with E-state index in [0.29, 0.717) is 5.22 Å². The molecule has 1 heterocycles. The molecule has 0 saturated carbocycles. The standard InChI is InChI=1S/C16H20ClNO/c1-3-12-5-7-13(8-6-12)11-14(18-4-2)15-9-10-16(17)19-15/h5-10,14,18H,3-4,11H2,1-2H3. The van der Waals surface area contributed by atoms with Gasteiger partial charge in [0.25, 0.3) is 0 Å². The Labute approximate surface area is 119 Å². The van der Waals surface area contributed by atoms with E-state index < -0.39 is 0 Å². The maximum absolute atomic E-state index is 5.85. The lowest BCUT2D eigenvalue weighted by molar-refractivity contribution is 0.417. The minimum Gasteiger partial charge on any atom is -0.448 e. The fraction of sp³-hybridized carbons (Fsp3) is 0.375. The van der Waals surface area contributed by atoms with Gasteiger partial charge in [-0.15, -0.1) is 0 Å². The van der Waals surface area contributed by atoms with Gasteiger partial charge in [-0.25, -0.2) is 0 Å². The van der Waals surface area contributed by atoms with Crippen LogP contribution < -0.4 is 5.32 Å². The molecule has 2 nitrogen and oxygen atoms in total. The van der Waals surface area contributed by atoms with Crippen LogP contribution >= 0.6 is 11.6 Å². The molecule has 0 aliphatic rings. The largest absolute Gasteiger partial charge is 0.448 e. The molecule has 0 saturated heterocycles. The maximum atomic E-state index is 5.85. The highest BCUT2D eigenvalue weighted by Crippen LogP contribution is 2.23. The minimum absolute atomic E-state index is 0.171. The van der Waals surface area contributed by atoms with Gasteiger partial charge in [0.2, 0.25) is 0 Å². The van der Waals surface area contributed by atoms with Crippen LogP contribution in [0.5, 0.6) is 0 Å². The molecular weight excluding hydrogens is 258 g/mol. The average molecular weight is 278 g/mol. The summed E-state index contributed by atoms with van der Waals surface area (Å²) in [5.74, 6) is 0.895. The van der Waals surface area contributed by atoms with Crippen LogP contribution in [-0.4, -0.2) is 6.54 Å². The highest BCUT2D eigenvalue weighted by atomic mass is 35.5. The number of nitrogens with one attached hydrogen (secondary N) is 1. The summed E-state index contributed by atoms with van der Waals surface area (Å²) in [6.45, 7) is 5.16. The fourth-order valence-electron chi connectivity index (χ4n) is 2.18. The average Bonchev–Trinajstić information content (AvgIpc) is 2.86. The number of hydrogen-bond donors (Lipinski definition) is 1. The van der Waals surface area contributed by atoms with Gasteiger partial charge in [0.1, 0.15) is 5.76 Å². The number of likely N-dealkylation sites (N-methyl/N-ethyl adjacent to an activating group) is 1. The summed E-state index contributed by atoms with van der Waals surface area (Å²) in [6, 6.07) is 12.7. The zero-order valence-electron chi connectivity index (χ0n) is 11.4. The quantitative estimate of drug-likeness (QED) is 0.847. The Hall–Kier alpha value is -1.25. The summed E-state index contributed by atoms with van der Waals surface area (Å²) in [6.07, 6.45) is 1.98. The van der Waals surface area contributed by atoms with E-state index in [0.717, 1.165) is 25.1 Å². The van der Waals surface area contributed by atoms with Gasteiger partial charge < -0.3 is 9.73 Å². The first-order chi connectivity index (χ1) is 9.22. The van der Waals surface area contributed by atoms with Crippen LogP contribution in [-0.2, 0) is 12.8 Å². The van der Waals surface area contributed by atoms with Gasteiger partial charge in [0.05, 0.1) is 6.04 Å². The molecule has 19 heavy (non-hydrogen) atoms. The lowest BCUT2D eigenvalue weighted by Gasteiger charge is -2.15. The molecule has 1 N–H and O–H groups in total. The monoisotopic (exact) mass is 277 g/mol. The molecule has 0 aliphatic carbocycles. The van der Waals surface area contributed by atoms with Crippen molar-refractivity contribution in [1.82, 2.24) is 5.32 Å². The van der Waals surface area contributed by atoms with Crippen molar-refractivity contribution in [3.8, 4) is 0 Å². The molecule has 0 bridgehead atoms. The zero-order valence-corrected chi connectivity index (χ0v) is 12.2. The third-order valence-electron chi connectivity index (χ3n) is 3.26. The van der Waals surface area contributed by atoms with E-state index in [2.05, 4.69) is 43.4 Å². The second kappa shape index (κ2) is 6.78. The van der Waals surface area contributed by atoms with Gasteiger partial charge in [0.15, 0.2) is 5.22 Å². The zero-order chi connectivity index (χ0) is 13.7. The molecule has 1 aromatic heterocycles. The predicted octanol–water partition coefficient (Wildman–Crippen LogP) is 4.39. The SMILES string of the molecule is CCNC(Cc1ccc(CC)cc1)c1ccc(Cl)o1. The summed E-state index contributed by atoms with van der Waals surface area (Å²) in [5, 5.41) is 3.88. The highest BCUT2D eigenvalue weighted by molar-refractivity contribution is 6.28. The Morgan fingerprint density at radius 1 is 1.05 bits per heavy atom. The Balaban J connectivity index is 2.11. The van der Waals surface area contributed by atoms with Crippen LogP contribution in [0, 0.1) is 0 Å². The molecule has 1 atom stereocenters.